The van der Waals surface area contributed by atoms with E-state index in [1.165, 1.54) is 23.9 Å². The van der Waals surface area contributed by atoms with Crippen LogP contribution >= 0.6 is 11.8 Å². The fourth-order valence-electron chi connectivity index (χ4n) is 1.79. The lowest BCUT2D eigenvalue weighted by Gasteiger charge is -2.08. The molecule has 1 aromatic carbocycles. The van der Waals surface area contributed by atoms with Crippen molar-refractivity contribution in [3.8, 4) is 6.07 Å². The van der Waals surface area contributed by atoms with Crippen LogP contribution in [0.5, 0.6) is 0 Å². The third-order valence-corrected chi connectivity index (χ3v) is 3.37. The second kappa shape index (κ2) is 6.35. The van der Waals surface area contributed by atoms with Gasteiger partial charge in [0.25, 0.3) is 0 Å². The van der Waals surface area contributed by atoms with Gasteiger partial charge < -0.3 is 5.73 Å². The van der Waals surface area contributed by atoms with Crippen molar-refractivity contribution in [1.29, 1.82) is 5.26 Å². The molecular weight excluding hydrogens is 275 g/mol. The summed E-state index contributed by atoms with van der Waals surface area (Å²) in [5, 5.41) is 9.70. The first-order valence-corrected chi connectivity index (χ1v) is 7.06. The smallest absolute Gasteiger partial charge is 0.189 e. The molecule has 0 radical (unpaired) electrons. The molecule has 0 saturated heterocycles. The number of nitriles is 1. The Bertz CT molecular complexity index is 667. The van der Waals surface area contributed by atoms with Crippen LogP contribution < -0.4 is 5.73 Å². The van der Waals surface area contributed by atoms with E-state index in [1.807, 2.05) is 13.0 Å². The number of halogens is 1. The molecule has 0 aliphatic heterocycles. The number of hydrogen-bond donors (Lipinski definition) is 1. The van der Waals surface area contributed by atoms with E-state index >= 15 is 0 Å². The molecule has 2 N–H and O–H groups in total. The molecule has 1 heterocycles. The van der Waals surface area contributed by atoms with E-state index in [-0.39, 0.29) is 17.2 Å². The number of aromatic nitrogens is 2. The highest BCUT2D eigenvalue weighted by atomic mass is 32.2. The Balaban J connectivity index is 2.41. The van der Waals surface area contributed by atoms with Crippen LogP contribution in [0.4, 0.5) is 10.2 Å². The van der Waals surface area contributed by atoms with Gasteiger partial charge in [-0.15, -0.1) is 0 Å². The van der Waals surface area contributed by atoms with Crippen molar-refractivity contribution < 1.29 is 4.39 Å². The zero-order chi connectivity index (χ0) is 14.5. The predicted molar refractivity (Wildman–Crippen MR) is 76.8 cm³/mol. The van der Waals surface area contributed by atoms with Crippen molar-refractivity contribution >= 4 is 17.6 Å². The van der Waals surface area contributed by atoms with Crippen molar-refractivity contribution in [2.24, 2.45) is 0 Å². The summed E-state index contributed by atoms with van der Waals surface area (Å²) >= 11 is 1.45. The molecule has 6 heteroatoms. The zero-order valence-electron chi connectivity index (χ0n) is 10.9. The van der Waals surface area contributed by atoms with Crippen molar-refractivity contribution in [3.63, 3.8) is 0 Å². The number of rotatable bonds is 4. The van der Waals surface area contributed by atoms with E-state index < -0.39 is 0 Å². The normalized spacial score (nSPS) is 10.2. The third kappa shape index (κ3) is 3.25. The van der Waals surface area contributed by atoms with Crippen LogP contribution in [0.1, 0.15) is 23.7 Å². The fourth-order valence-corrected chi connectivity index (χ4v) is 2.38. The summed E-state index contributed by atoms with van der Waals surface area (Å²) in [4.78, 5) is 8.43. The van der Waals surface area contributed by atoms with Crippen molar-refractivity contribution in [1.82, 2.24) is 9.97 Å². The molecule has 4 nitrogen and oxygen atoms in total. The highest BCUT2D eigenvalue weighted by Crippen LogP contribution is 2.21. The van der Waals surface area contributed by atoms with Gasteiger partial charge in [-0.05, 0) is 23.4 Å². The Morgan fingerprint density at radius 1 is 1.40 bits per heavy atom. The highest BCUT2D eigenvalue weighted by molar-refractivity contribution is 7.99. The van der Waals surface area contributed by atoms with Crippen LogP contribution in [-0.2, 0) is 6.42 Å². The van der Waals surface area contributed by atoms with Crippen LogP contribution in [0.15, 0.2) is 29.4 Å². The molecule has 1 aromatic heterocycles. The van der Waals surface area contributed by atoms with Gasteiger partial charge in [-0.2, -0.15) is 5.26 Å². The number of nitrogen functional groups attached to an aromatic ring is 1. The fraction of sp³-hybridized carbons (Fsp3) is 0.214. The first-order chi connectivity index (χ1) is 9.63. The molecule has 0 spiro atoms. The van der Waals surface area contributed by atoms with E-state index in [0.29, 0.717) is 17.3 Å². The van der Waals surface area contributed by atoms with E-state index in [9.17, 15) is 4.39 Å². The molecule has 102 valence electrons. The van der Waals surface area contributed by atoms with E-state index in [2.05, 4.69) is 9.97 Å². The molecule has 0 aliphatic rings. The lowest BCUT2D eigenvalue weighted by Crippen LogP contribution is -2.06. The first-order valence-electron chi connectivity index (χ1n) is 6.07. The average molecular weight is 288 g/mol. The van der Waals surface area contributed by atoms with Crippen molar-refractivity contribution in [2.45, 2.75) is 18.5 Å². The summed E-state index contributed by atoms with van der Waals surface area (Å²) in [5.41, 5.74) is 7.32. The average Bonchev–Trinajstić information content (AvgIpc) is 2.39. The Kier molecular flexibility index (Phi) is 4.53. The zero-order valence-corrected chi connectivity index (χ0v) is 11.7. The van der Waals surface area contributed by atoms with Crippen LogP contribution in [0.25, 0.3) is 0 Å². The Labute approximate surface area is 120 Å². The molecule has 0 fully saturated rings. The van der Waals surface area contributed by atoms with Crippen LogP contribution in [0.3, 0.4) is 0 Å². The first kappa shape index (κ1) is 14.3. The largest absolute Gasteiger partial charge is 0.382 e. The summed E-state index contributed by atoms with van der Waals surface area (Å²) < 4.78 is 13.2. The van der Waals surface area contributed by atoms with Crippen LogP contribution in [0.2, 0.25) is 0 Å². The molecular formula is C14H13FN4S. The monoisotopic (exact) mass is 288 g/mol. The van der Waals surface area contributed by atoms with Gasteiger partial charge in [0.1, 0.15) is 23.3 Å². The number of thioether (sulfide) groups is 1. The maximum absolute atomic E-state index is 13.2. The van der Waals surface area contributed by atoms with Gasteiger partial charge >= 0.3 is 0 Å². The predicted octanol–water partition coefficient (Wildman–Crippen LogP) is 2.77. The second-order valence-corrected chi connectivity index (χ2v) is 5.30. The minimum atomic E-state index is -0.314. The number of nitrogens with two attached hydrogens (primary N) is 1. The summed E-state index contributed by atoms with van der Waals surface area (Å²) in [5.74, 6) is 0.668. The Morgan fingerprint density at radius 3 is 2.85 bits per heavy atom. The molecule has 20 heavy (non-hydrogen) atoms. The molecule has 0 amide bonds. The molecule has 0 saturated carbocycles. The molecule has 0 bridgehead atoms. The van der Waals surface area contributed by atoms with E-state index in [0.717, 1.165) is 11.3 Å². The van der Waals surface area contributed by atoms with Gasteiger partial charge in [-0.3, -0.25) is 0 Å². The molecule has 0 atom stereocenters. The third-order valence-electron chi connectivity index (χ3n) is 2.64. The van der Waals surface area contributed by atoms with Gasteiger partial charge in [-0.1, -0.05) is 30.8 Å². The summed E-state index contributed by atoms with van der Waals surface area (Å²) in [6.07, 6.45) is 0.352. The summed E-state index contributed by atoms with van der Waals surface area (Å²) in [7, 11) is 0. The van der Waals surface area contributed by atoms with Crippen LogP contribution in [0, 0.1) is 17.1 Å². The van der Waals surface area contributed by atoms with Gasteiger partial charge in [0.2, 0.25) is 0 Å². The van der Waals surface area contributed by atoms with Crippen molar-refractivity contribution in [2.75, 3.05) is 11.5 Å². The van der Waals surface area contributed by atoms with E-state index in [4.69, 9.17) is 11.0 Å². The standard InChI is InChI=1S/C14H13FN4S/c1-2-20-14-18-12(11(8-16)13(17)19-14)7-9-4-3-5-10(15)6-9/h3-6H,2,7H2,1H3,(H2,17,18,19). The Hall–Kier alpha value is -2.13. The van der Waals surface area contributed by atoms with Gasteiger partial charge in [0.05, 0.1) is 5.69 Å². The van der Waals surface area contributed by atoms with E-state index in [1.54, 1.807) is 12.1 Å². The summed E-state index contributed by atoms with van der Waals surface area (Å²) in [6.45, 7) is 1.98. The van der Waals surface area contributed by atoms with Crippen molar-refractivity contribution in [3.05, 3.63) is 46.9 Å². The lowest BCUT2D eigenvalue weighted by atomic mass is 10.1. The highest BCUT2D eigenvalue weighted by Gasteiger charge is 2.13. The molecule has 0 aliphatic carbocycles. The number of nitrogens with zero attached hydrogens (tertiary/aromatic N) is 3. The maximum Gasteiger partial charge on any atom is 0.189 e. The summed E-state index contributed by atoms with van der Waals surface area (Å²) in [6, 6.07) is 8.23. The number of hydrogen-bond acceptors (Lipinski definition) is 5. The van der Waals surface area contributed by atoms with Gasteiger partial charge in [-0.25, -0.2) is 14.4 Å². The lowest BCUT2D eigenvalue weighted by molar-refractivity contribution is 0.626. The second-order valence-electron chi connectivity index (χ2n) is 4.06. The van der Waals surface area contributed by atoms with Gasteiger partial charge in [0.15, 0.2) is 5.16 Å². The molecule has 2 aromatic rings. The molecule has 2 rings (SSSR count). The quantitative estimate of drug-likeness (QED) is 0.691. The SMILES string of the molecule is CCSc1nc(N)c(C#N)c(Cc2cccc(F)c2)n1. The number of benzene rings is 1. The van der Waals surface area contributed by atoms with Crippen LogP contribution in [-0.4, -0.2) is 15.7 Å². The number of anilines is 1. The topological polar surface area (TPSA) is 75.6 Å². The van der Waals surface area contributed by atoms with Gasteiger partial charge in [0, 0.05) is 6.42 Å². The minimum Gasteiger partial charge on any atom is -0.382 e. The Morgan fingerprint density at radius 2 is 2.20 bits per heavy atom. The molecule has 0 unspecified atom stereocenters. The minimum absolute atomic E-state index is 0.171. The maximum atomic E-state index is 13.2.